The van der Waals surface area contributed by atoms with E-state index in [1.54, 1.807) is 11.0 Å². The first-order valence-corrected chi connectivity index (χ1v) is 11.7. The van der Waals surface area contributed by atoms with Crippen molar-refractivity contribution in [3.63, 3.8) is 0 Å². The molecule has 0 atom stereocenters. The standard InChI is InChI=1S/C26H26BF3N3O2.K/c28-27(29,30)16-18-13-19(31)15-20(14-18)32-9-11-33(12-10-32)26(34)35-17-25-23-7-3-1-5-21(23)22-6-2-4-8-24(22)25;/h1-8,13-15,25H,9-12,16-17,31H2;/q-1;+1. The molecular weight excluding hydrogens is 493 g/mol. The number of rotatable bonds is 5. The molecule has 0 radical (unpaired) electrons. The number of nitrogens with two attached hydrogens (primary N) is 1. The fraction of sp³-hybridized carbons (Fsp3) is 0.269. The molecule has 0 aromatic heterocycles. The third-order valence-corrected chi connectivity index (χ3v) is 6.71. The van der Waals surface area contributed by atoms with Gasteiger partial charge in [-0.15, -0.1) is 0 Å². The van der Waals surface area contributed by atoms with E-state index < -0.39 is 13.3 Å². The molecule has 1 saturated heterocycles. The average molecular weight is 519 g/mol. The molecule has 0 unspecified atom stereocenters. The normalized spacial score (nSPS) is 15.2. The van der Waals surface area contributed by atoms with E-state index in [9.17, 15) is 17.7 Å². The van der Waals surface area contributed by atoms with Gasteiger partial charge in [-0.3, -0.25) is 0 Å². The topological polar surface area (TPSA) is 58.8 Å². The number of carbonyl (C=O) groups is 1. The zero-order valence-electron chi connectivity index (χ0n) is 20.2. The predicted octanol–water partition coefficient (Wildman–Crippen LogP) is 2.27. The number of piperazine rings is 1. The molecule has 1 heterocycles. The molecule has 1 aliphatic heterocycles. The Bertz CT molecular complexity index is 1200. The number of amides is 1. The Labute approximate surface area is 251 Å². The van der Waals surface area contributed by atoms with Gasteiger partial charge in [-0.25, -0.2) is 4.79 Å². The molecule has 0 bridgehead atoms. The summed E-state index contributed by atoms with van der Waals surface area (Å²) in [5.41, 5.74) is 11.6. The number of carbonyl (C=O) groups excluding carboxylic acids is 1. The van der Waals surface area contributed by atoms with Gasteiger partial charge in [0.15, 0.2) is 0 Å². The number of halogens is 3. The van der Waals surface area contributed by atoms with E-state index in [1.807, 2.05) is 29.2 Å². The first-order valence-electron chi connectivity index (χ1n) is 11.7. The van der Waals surface area contributed by atoms with Crippen LogP contribution in [0.3, 0.4) is 0 Å². The van der Waals surface area contributed by atoms with Gasteiger partial charge in [0.05, 0.1) is 0 Å². The molecule has 5 nitrogen and oxygen atoms in total. The summed E-state index contributed by atoms with van der Waals surface area (Å²) < 4.78 is 44.4. The third-order valence-electron chi connectivity index (χ3n) is 6.71. The molecule has 0 spiro atoms. The Kier molecular flexibility index (Phi) is 8.41. The van der Waals surface area contributed by atoms with Crippen molar-refractivity contribution in [3.05, 3.63) is 83.4 Å². The van der Waals surface area contributed by atoms with E-state index in [0.29, 0.717) is 37.6 Å². The molecule has 1 fully saturated rings. The summed E-state index contributed by atoms with van der Waals surface area (Å²) >= 11 is 0. The van der Waals surface area contributed by atoms with Crippen LogP contribution in [0.1, 0.15) is 22.6 Å². The van der Waals surface area contributed by atoms with Gasteiger partial charge in [0.2, 0.25) is 0 Å². The summed E-state index contributed by atoms with van der Waals surface area (Å²) in [6, 6.07) is 20.9. The second kappa shape index (κ2) is 11.2. The van der Waals surface area contributed by atoms with Crippen LogP contribution in [0.5, 0.6) is 0 Å². The molecule has 182 valence electrons. The van der Waals surface area contributed by atoms with Crippen LogP contribution < -0.4 is 62.0 Å². The van der Waals surface area contributed by atoms with Crippen LogP contribution >= 0.6 is 0 Å². The number of nitrogen functional groups attached to an aromatic ring is 1. The Morgan fingerprint density at radius 1 is 0.917 bits per heavy atom. The van der Waals surface area contributed by atoms with E-state index in [2.05, 4.69) is 24.3 Å². The first-order chi connectivity index (χ1) is 16.8. The maximum absolute atomic E-state index is 12.9. The van der Waals surface area contributed by atoms with Crippen molar-refractivity contribution in [2.75, 3.05) is 43.4 Å². The minimum absolute atomic E-state index is 0. The molecule has 10 heteroatoms. The first kappa shape index (κ1) is 27.1. The van der Waals surface area contributed by atoms with Gasteiger partial charge < -0.3 is 33.2 Å². The quantitative estimate of drug-likeness (QED) is 0.415. The van der Waals surface area contributed by atoms with Crippen LogP contribution in [-0.2, 0) is 11.1 Å². The second-order valence-electron chi connectivity index (χ2n) is 9.13. The molecule has 3 aromatic rings. The van der Waals surface area contributed by atoms with Gasteiger partial charge in [-0.1, -0.05) is 60.4 Å². The van der Waals surface area contributed by atoms with Crippen molar-refractivity contribution in [3.8, 4) is 11.1 Å². The zero-order valence-corrected chi connectivity index (χ0v) is 23.3. The second-order valence-corrected chi connectivity index (χ2v) is 9.13. The van der Waals surface area contributed by atoms with Gasteiger partial charge in [-0.05, 0) is 40.5 Å². The number of fused-ring (bicyclic) bond motifs is 3. The van der Waals surface area contributed by atoms with Crippen molar-refractivity contribution in [1.82, 2.24) is 4.90 Å². The Morgan fingerprint density at radius 3 is 2.08 bits per heavy atom. The number of hydrogen-bond acceptors (Lipinski definition) is 4. The molecule has 2 N–H and O–H groups in total. The number of hydrogen-bond donors (Lipinski definition) is 1. The maximum atomic E-state index is 12.9. The number of nitrogens with zero attached hydrogens (tertiary/aromatic N) is 2. The summed E-state index contributed by atoms with van der Waals surface area (Å²) in [4.78, 5) is 16.4. The molecule has 2 aliphatic rings. The third kappa shape index (κ3) is 5.94. The maximum Gasteiger partial charge on any atom is 1.00 e. The molecule has 36 heavy (non-hydrogen) atoms. The smallest absolute Gasteiger partial charge is 0.449 e. The van der Waals surface area contributed by atoms with Crippen LogP contribution in [0.2, 0.25) is 0 Å². The number of anilines is 2. The number of ether oxygens (including phenoxy) is 1. The zero-order chi connectivity index (χ0) is 24.6. The summed E-state index contributed by atoms with van der Waals surface area (Å²) in [6.45, 7) is -2.86. The minimum atomic E-state index is -4.94. The van der Waals surface area contributed by atoms with Crippen molar-refractivity contribution in [2.24, 2.45) is 0 Å². The minimum Gasteiger partial charge on any atom is -0.449 e. The summed E-state index contributed by atoms with van der Waals surface area (Å²) in [5, 5.41) is 0. The van der Waals surface area contributed by atoms with Gasteiger partial charge in [0, 0.05) is 43.5 Å². The molecule has 1 amide bonds. The van der Waals surface area contributed by atoms with Crippen LogP contribution in [0, 0.1) is 0 Å². The van der Waals surface area contributed by atoms with E-state index in [1.165, 1.54) is 23.3 Å². The van der Waals surface area contributed by atoms with E-state index in [0.717, 1.165) is 11.1 Å². The van der Waals surface area contributed by atoms with Gasteiger partial charge in [0.25, 0.3) is 0 Å². The van der Waals surface area contributed by atoms with Crippen LogP contribution in [-0.4, -0.2) is 50.8 Å². The fourth-order valence-electron chi connectivity index (χ4n) is 5.10. The molecular formula is C26H26BF3KN3O2. The fourth-order valence-corrected chi connectivity index (χ4v) is 5.10. The average Bonchev–Trinajstić information content (AvgIpc) is 3.15. The Balaban J connectivity index is 0.00000304. The SMILES string of the molecule is Nc1cc(C[B-](F)(F)F)cc(N2CCN(C(=O)OCC3c4ccccc4-c4ccccc43)CC2)c1.[K+]. The predicted molar refractivity (Wildman–Crippen MR) is 132 cm³/mol. The van der Waals surface area contributed by atoms with Crippen LogP contribution in [0.4, 0.5) is 29.1 Å². The summed E-state index contributed by atoms with van der Waals surface area (Å²) in [5.74, 6) is -0.00594. The van der Waals surface area contributed by atoms with Crippen molar-refractivity contribution < 1.29 is 73.9 Å². The van der Waals surface area contributed by atoms with Crippen molar-refractivity contribution in [2.45, 2.75) is 12.2 Å². The molecule has 1 aliphatic carbocycles. The van der Waals surface area contributed by atoms with E-state index >= 15 is 0 Å². The van der Waals surface area contributed by atoms with Gasteiger partial charge in [0.1, 0.15) is 6.61 Å². The van der Waals surface area contributed by atoms with Crippen molar-refractivity contribution in [1.29, 1.82) is 0 Å². The van der Waals surface area contributed by atoms with Crippen molar-refractivity contribution >= 4 is 24.4 Å². The van der Waals surface area contributed by atoms with Gasteiger partial charge >= 0.3 is 64.5 Å². The monoisotopic (exact) mass is 519 g/mol. The van der Waals surface area contributed by atoms with E-state index in [4.69, 9.17) is 10.5 Å². The van der Waals surface area contributed by atoms with E-state index in [-0.39, 0.29) is 75.6 Å². The molecule has 5 rings (SSSR count). The number of benzene rings is 3. The Morgan fingerprint density at radius 2 is 1.50 bits per heavy atom. The largest absolute Gasteiger partial charge is 1.00 e. The van der Waals surface area contributed by atoms with Crippen LogP contribution in [0.15, 0.2) is 66.7 Å². The summed E-state index contributed by atoms with van der Waals surface area (Å²) in [6.07, 6.45) is -1.34. The molecule has 3 aromatic carbocycles. The molecule has 0 saturated carbocycles. The Hall–Kier alpha value is -1.98. The van der Waals surface area contributed by atoms with Gasteiger partial charge in [-0.2, -0.15) is 0 Å². The summed E-state index contributed by atoms with van der Waals surface area (Å²) in [7, 11) is 0. The van der Waals surface area contributed by atoms with Crippen LogP contribution in [0.25, 0.3) is 11.1 Å².